The van der Waals surface area contributed by atoms with Gasteiger partial charge < -0.3 is 9.80 Å². The Bertz CT molecular complexity index is 4540. The van der Waals surface area contributed by atoms with E-state index in [1.54, 1.807) is 0 Å². The van der Waals surface area contributed by atoms with Crippen LogP contribution in [0.3, 0.4) is 0 Å². The molecule has 0 spiro atoms. The molecular weight excluding hydrogens is 989 g/mol. The zero-order chi connectivity index (χ0) is 54.6. The van der Waals surface area contributed by atoms with E-state index in [0.29, 0.717) is 5.92 Å². The molecule has 4 aliphatic carbocycles. The molecule has 0 radical (unpaired) electrons. The van der Waals surface area contributed by atoms with Gasteiger partial charge in [-0.05, 0) is 163 Å². The Hall–Kier alpha value is -9.76. The average Bonchev–Trinajstić information content (AvgIpc) is 2.68. The average molecular weight is 1050 g/mol. The van der Waals surface area contributed by atoms with Crippen molar-refractivity contribution in [2.45, 2.75) is 43.1 Å². The first-order valence-electron chi connectivity index (χ1n) is 29.2. The van der Waals surface area contributed by atoms with Gasteiger partial charge in [0.15, 0.2) is 0 Å². The SMILES string of the molecule is CC1C=CC2=C(C1)c1ccccc1C2(c1ccccc1)c1ccc(N(c2ccccc2)c2ccc3ccc4c(N(c5ccccc5)C5(C)C=CC(C6(c7ccccc7)c7ccccc7-c7ccccc76)=CC5)ccc5ccc2c3c54)cc1. The van der Waals surface area contributed by atoms with Crippen molar-refractivity contribution in [2.75, 3.05) is 9.80 Å². The van der Waals surface area contributed by atoms with Crippen molar-refractivity contribution in [3.8, 4) is 11.1 Å². The van der Waals surface area contributed by atoms with Gasteiger partial charge in [-0.25, -0.2) is 0 Å². The zero-order valence-electron chi connectivity index (χ0n) is 46.2. The molecule has 4 aliphatic rings. The Morgan fingerprint density at radius 3 is 1.45 bits per heavy atom. The lowest BCUT2D eigenvalue weighted by molar-refractivity contribution is 0.561. The van der Waals surface area contributed by atoms with Gasteiger partial charge in [0.05, 0.1) is 22.1 Å². The third-order valence-electron chi connectivity index (χ3n) is 18.9. The number of allylic oxidation sites excluding steroid dienone is 6. The summed E-state index contributed by atoms with van der Waals surface area (Å²) in [5.41, 5.74) is 20.5. The molecule has 0 saturated heterocycles. The van der Waals surface area contributed by atoms with Gasteiger partial charge in [0, 0.05) is 33.5 Å². The molecule has 16 rings (SSSR count). The van der Waals surface area contributed by atoms with Crippen LogP contribution in [-0.4, -0.2) is 5.54 Å². The molecule has 390 valence electrons. The van der Waals surface area contributed by atoms with Crippen LogP contribution < -0.4 is 9.80 Å². The van der Waals surface area contributed by atoms with Gasteiger partial charge in [-0.3, -0.25) is 0 Å². The van der Waals surface area contributed by atoms with Gasteiger partial charge in [0.25, 0.3) is 0 Å². The molecule has 82 heavy (non-hydrogen) atoms. The molecule has 0 N–H and O–H groups in total. The number of benzene rings is 12. The summed E-state index contributed by atoms with van der Waals surface area (Å²) in [6.07, 6.45) is 14.2. The first-order valence-corrected chi connectivity index (χ1v) is 29.2. The van der Waals surface area contributed by atoms with Gasteiger partial charge in [-0.15, -0.1) is 0 Å². The number of anilines is 5. The van der Waals surface area contributed by atoms with E-state index in [9.17, 15) is 0 Å². The summed E-state index contributed by atoms with van der Waals surface area (Å²) >= 11 is 0. The fraction of sp³-hybridized carbons (Fsp3) is 0.100. The Morgan fingerprint density at radius 1 is 0.402 bits per heavy atom. The summed E-state index contributed by atoms with van der Waals surface area (Å²) in [5, 5.41) is 7.47. The van der Waals surface area contributed by atoms with E-state index in [1.807, 2.05) is 0 Å². The van der Waals surface area contributed by atoms with Crippen LogP contribution >= 0.6 is 0 Å². The number of nitrogens with zero attached hydrogens (tertiary/aromatic N) is 2. The van der Waals surface area contributed by atoms with Crippen LogP contribution in [-0.2, 0) is 10.8 Å². The highest BCUT2D eigenvalue weighted by molar-refractivity contribution is 6.28. The maximum absolute atomic E-state index is 2.61. The number of fused-ring (bicyclic) bond motifs is 5. The lowest BCUT2D eigenvalue weighted by Crippen LogP contribution is -2.43. The predicted molar refractivity (Wildman–Crippen MR) is 344 cm³/mol. The molecule has 0 amide bonds. The van der Waals surface area contributed by atoms with Gasteiger partial charge in [-0.2, -0.15) is 0 Å². The molecule has 2 heteroatoms. The Kier molecular flexibility index (Phi) is 11.0. The number of para-hydroxylation sites is 2. The second-order valence-corrected chi connectivity index (χ2v) is 23.3. The first kappa shape index (κ1) is 48.2. The van der Waals surface area contributed by atoms with Crippen LogP contribution in [0.1, 0.15) is 65.6 Å². The molecule has 12 aromatic rings. The summed E-state index contributed by atoms with van der Waals surface area (Å²) in [5.74, 6) is 0.483. The van der Waals surface area contributed by atoms with Crippen LogP contribution in [0.4, 0.5) is 28.4 Å². The van der Waals surface area contributed by atoms with Crippen LogP contribution in [0.25, 0.3) is 49.0 Å². The monoisotopic (exact) mass is 1050 g/mol. The van der Waals surface area contributed by atoms with Crippen molar-refractivity contribution in [1.29, 1.82) is 0 Å². The van der Waals surface area contributed by atoms with Gasteiger partial charge in [0.1, 0.15) is 0 Å². The zero-order valence-corrected chi connectivity index (χ0v) is 46.2. The molecule has 0 fully saturated rings. The second kappa shape index (κ2) is 18.7. The van der Waals surface area contributed by atoms with E-state index in [0.717, 1.165) is 35.6 Å². The number of rotatable bonds is 10. The lowest BCUT2D eigenvalue weighted by Gasteiger charge is -2.44. The Labute approximate surface area is 480 Å². The molecule has 0 aliphatic heterocycles. The topological polar surface area (TPSA) is 6.48 Å². The Morgan fingerprint density at radius 2 is 0.866 bits per heavy atom. The molecule has 3 atom stereocenters. The molecule has 0 heterocycles. The molecular formula is C80H60N2. The van der Waals surface area contributed by atoms with E-state index in [2.05, 4.69) is 321 Å². The van der Waals surface area contributed by atoms with Crippen molar-refractivity contribution in [3.05, 3.63) is 347 Å². The van der Waals surface area contributed by atoms with Crippen LogP contribution in [0.15, 0.2) is 308 Å². The standard InChI is InChI=1S/C80H60N2/c1-54-35-46-73-69(53-54)66-31-17-20-34-72(66)79(73,57-21-7-3-8-22-57)59-40-42-62(43-41-59)81(61-25-11-5-12-26-61)74-47-38-55-37-45-68-75(48-39-56-36-44-67(74)76(55)77(56)68)82(63-27-13-6-14-28-63)78(2)51-49-60(50-52-78)80(58-23-9-4-10-24-58)70-32-18-15-29-64(70)65-30-16-19-33-71(65)80/h3-51,54H,52-53H2,1-2H3. The quantitative estimate of drug-likeness (QED) is 0.126. The van der Waals surface area contributed by atoms with Crippen LogP contribution in [0.2, 0.25) is 0 Å². The molecule has 12 aromatic carbocycles. The van der Waals surface area contributed by atoms with E-state index in [-0.39, 0.29) is 0 Å². The fourth-order valence-electron chi connectivity index (χ4n) is 15.4. The molecule has 2 nitrogen and oxygen atoms in total. The largest absolute Gasteiger partial charge is 0.331 e. The third kappa shape index (κ3) is 6.94. The van der Waals surface area contributed by atoms with E-state index >= 15 is 0 Å². The summed E-state index contributed by atoms with van der Waals surface area (Å²) < 4.78 is 0. The highest BCUT2D eigenvalue weighted by Gasteiger charge is 2.49. The fourth-order valence-corrected chi connectivity index (χ4v) is 15.4. The van der Waals surface area contributed by atoms with Gasteiger partial charge in [0.2, 0.25) is 0 Å². The van der Waals surface area contributed by atoms with Crippen molar-refractivity contribution < 1.29 is 0 Å². The van der Waals surface area contributed by atoms with Crippen molar-refractivity contribution in [3.63, 3.8) is 0 Å². The minimum absolute atomic E-state index is 0.422. The first-order chi connectivity index (χ1) is 40.4. The second-order valence-electron chi connectivity index (χ2n) is 23.3. The predicted octanol–water partition coefficient (Wildman–Crippen LogP) is 20.5. The minimum Gasteiger partial charge on any atom is -0.331 e. The normalized spacial score (nSPS) is 19.2. The van der Waals surface area contributed by atoms with Crippen molar-refractivity contribution >= 4 is 66.3 Å². The molecule has 0 saturated carbocycles. The molecule has 0 bridgehead atoms. The van der Waals surface area contributed by atoms with Gasteiger partial charge >= 0.3 is 0 Å². The maximum atomic E-state index is 2.61. The van der Waals surface area contributed by atoms with Crippen molar-refractivity contribution in [1.82, 2.24) is 0 Å². The minimum atomic E-state index is -0.454. The van der Waals surface area contributed by atoms with E-state index < -0.39 is 16.4 Å². The Balaban J connectivity index is 0.837. The number of hydrogen-bond acceptors (Lipinski definition) is 2. The van der Waals surface area contributed by atoms with Crippen molar-refractivity contribution in [2.24, 2.45) is 5.92 Å². The van der Waals surface area contributed by atoms with E-state index in [1.165, 1.54) is 105 Å². The van der Waals surface area contributed by atoms with E-state index in [4.69, 9.17) is 0 Å². The summed E-state index contributed by atoms with van der Waals surface area (Å²) in [6, 6.07) is 100.0. The molecule has 3 unspecified atom stereocenters. The van der Waals surface area contributed by atoms with Crippen LogP contribution in [0, 0.1) is 5.92 Å². The highest BCUT2D eigenvalue weighted by atomic mass is 15.2. The van der Waals surface area contributed by atoms with Gasteiger partial charge in [-0.1, -0.05) is 256 Å². The lowest BCUT2D eigenvalue weighted by atomic mass is 9.65. The number of hydrogen-bond donors (Lipinski definition) is 0. The highest BCUT2D eigenvalue weighted by Crippen LogP contribution is 2.60. The smallest absolute Gasteiger partial charge is 0.0710 e. The summed E-state index contributed by atoms with van der Waals surface area (Å²) in [4.78, 5) is 5.08. The summed E-state index contributed by atoms with van der Waals surface area (Å²) in [7, 11) is 0. The molecule has 0 aromatic heterocycles. The summed E-state index contributed by atoms with van der Waals surface area (Å²) in [6.45, 7) is 4.76. The van der Waals surface area contributed by atoms with Crippen LogP contribution in [0.5, 0.6) is 0 Å². The third-order valence-corrected chi connectivity index (χ3v) is 18.9. The maximum Gasteiger partial charge on any atom is 0.0710 e.